The van der Waals surface area contributed by atoms with Crippen LogP contribution in [-0.4, -0.2) is 58.7 Å². The van der Waals surface area contributed by atoms with E-state index in [1.54, 1.807) is 0 Å². The molecule has 6 saturated carbocycles. The number of hydrogen-bond donors (Lipinski definition) is 4. The van der Waals surface area contributed by atoms with Crippen molar-refractivity contribution in [3.63, 3.8) is 0 Å². The highest BCUT2D eigenvalue weighted by atomic mass is 16.6. The zero-order valence-electron chi connectivity index (χ0n) is 36.5. The number of carboxylic acid groups (broad SMARTS) is 1. The van der Waals surface area contributed by atoms with Crippen LogP contribution >= 0.6 is 0 Å². The van der Waals surface area contributed by atoms with Crippen LogP contribution < -0.4 is 5.32 Å². The fourth-order valence-corrected chi connectivity index (χ4v) is 16.5. The van der Waals surface area contributed by atoms with Gasteiger partial charge in [0.15, 0.2) is 12.1 Å². The van der Waals surface area contributed by atoms with Crippen LogP contribution in [0.15, 0.2) is 11.1 Å². The van der Waals surface area contributed by atoms with E-state index in [2.05, 4.69) is 60.7 Å². The van der Waals surface area contributed by atoms with Crippen LogP contribution in [0.1, 0.15) is 172 Å². The Morgan fingerprint density at radius 3 is 2.15 bits per heavy atom. The number of ketones is 1. The molecule has 7 aliphatic rings. The molecule has 7 rings (SSSR count). The molecule has 0 amide bonds. The van der Waals surface area contributed by atoms with Crippen LogP contribution in [0, 0.1) is 73.4 Å². The van der Waals surface area contributed by atoms with Gasteiger partial charge >= 0.3 is 5.97 Å². The summed E-state index contributed by atoms with van der Waals surface area (Å²) in [4.78, 5) is 26.0. The number of aliphatic carboxylic acids is 1. The molecule has 7 heteroatoms. The fraction of sp³-hybridized carbons (Fsp3) is 0.917. The maximum absolute atomic E-state index is 14.2. The molecule has 0 aromatic rings. The highest BCUT2D eigenvalue weighted by molar-refractivity contribution is 6.00. The number of Topliss-reactive ketones (excluding diaryl/α,β-unsaturated/α-hetero) is 1. The Labute approximate surface area is 334 Å². The molecule has 0 aromatic heterocycles. The Balaban J connectivity index is 1.16. The third-order valence-electron chi connectivity index (χ3n) is 20.1. The van der Waals surface area contributed by atoms with E-state index in [9.17, 15) is 24.9 Å². The second-order valence-corrected chi connectivity index (χ2v) is 22.6. The number of hydrogen-bond acceptors (Lipinski definition) is 6. The summed E-state index contributed by atoms with van der Waals surface area (Å²) in [5.41, 5.74) is 1.50. The molecule has 55 heavy (non-hydrogen) atoms. The first kappa shape index (κ1) is 41.9. The average molecular weight is 766 g/mol. The maximum atomic E-state index is 14.2. The van der Waals surface area contributed by atoms with Gasteiger partial charge in [-0.15, -0.1) is 0 Å². The number of fused-ring (bicyclic) bond motifs is 7. The minimum atomic E-state index is -0.964. The van der Waals surface area contributed by atoms with E-state index >= 15 is 0 Å². The molecular weight excluding hydrogens is 687 g/mol. The lowest BCUT2D eigenvalue weighted by atomic mass is 9.29. The standard InChI is InChI=1S/C48H79NO6/c1-11-48-24-22-45(9)35(46(48,10)20-19-37(43(48,6)7)55-41(54)33-25-32(40(52)53)42(33,4)5)18-17-31-39-38(29(2)3)34(50)26-47(39,23-21-44(31,45)8)36(51)28-49-27-30-15-13-12-14-16-30/h29-33,35-37,41,49,51,54H,11-28H2,1-10H3,(H,52,53)/t31-,32+,33-,35+,36+,37+,41?,44-,45?,46?,47+,48+/m1/s1. The van der Waals surface area contributed by atoms with E-state index in [0.29, 0.717) is 42.9 Å². The number of carboxylic acids is 1. The fourth-order valence-electron chi connectivity index (χ4n) is 16.5. The first-order valence-corrected chi connectivity index (χ1v) is 22.9. The summed E-state index contributed by atoms with van der Waals surface area (Å²) in [6, 6.07) is 0. The van der Waals surface area contributed by atoms with E-state index in [1.807, 2.05) is 13.8 Å². The number of carbonyl (C=O) groups excluding carboxylic acids is 1. The van der Waals surface area contributed by atoms with Crippen molar-refractivity contribution in [3.05, 3.63) is 11.1 Å². The first-order chi connectivity index (χ1) is 25.7. The molecule has 3 unspecified atom stereocenters. The number of aliphatic hydroxyl groups is 2. The zero-order chi connectivity index (χ0) is 40.1. The van der Waals surface area contributed by atoms with Crippen LogP contribution in [0.4, 0.5) is 0 Å². The summed E-state index contributed by atoms with van der Waals surface area (Å²) < 4.78 is 6.75. The Morgan fingerprint density at radius 2 is 1.53 bits per heavy atom. The monoisotopic (exact) mass is 766 g/mol. The van der Waals surface area contributed by atoms with Gasteiger partial charge in [-0.2, -0.15) is 0 Å². The van der Waals surface area contributed by atoms with Crippen molar-refractivity contribution in [1.29, 1.82) is 0 Å². The van der Waals surface area contributed by atoms with Gasteiger partial charge in [0.25, 0.3) is 0 Å². The van der Waals surface area contributed by atoms with Crippen LogP contribution in [0.25, 0.3) is 0 Å². The van der Waals surface area contributed by atoms with E-state index in [1.165, 1.54) is 37.7 Å². The highest BCUT2D eigenvalue weighted by Crippen LogP contribution is 2.80. The summed E-state index contributed by atoms with van der Waals surface area (Å²) in [6.07, 6.45) is 15.3. The van der Waals surface area contributed by atoms with Crippen molar-refractivity contribution in [1.82, 2.24) is 5.32 Å². The predicted octanol–water partition coefficient (Wildman–Crippen LogP) is 9.73. The number of carbonyl (C=O) groups is 2. The Bertz CT molecular complexity index is 1530. The summed E-state index contributed by atoms with van der Waals surface area (Å²) >= 11 is 0. The molecule has 7 nitrogen and oxygen atoms in total. The van der Waals surface area contributed by atoms with Gasteiger partial charge in [0.2, 0.25) is 0 Å². The first-order valence-electron chi connectivity index (χ1n) is 22.9. The van der Waals surface area contributed by atoms with E-state index in [-0.39, 0.29) is 45.0 Å². The molecule has 12 atom stereocenters. The van der Waals surface area contributed by atoms with Gasteiger partial charge in [0.1, 0.15) is 0 Å². The molecule has 6 fully saturated rings. The molecule has 4 N–H and O–H groups in total. The van der Waals surface area contributed by atoms with Crippen molar-refractivity contribution in [2.75, 3.05) is 13.1 Å². The van der Waals surface area contributed by atoms with Crippen molar-refractivity contribution < 1.29 is 29.6 Å². The Morgan fingerprint density at radius 1 is 0.855 bits per heavy atom. The molecule has 7 aliphatic carbocycles. The van der Waals surface area contributed by atoms with Crippen LogP contribution in [-0.2, 0) is 14.3 Å². The second-order valence-electron chi connectivity index (χ2n) is 22.6. The van der Waals surface area contributed by atoms with Crippen LogP contribution in [0.3, 0.4) is 0 Å². The van der Waals surface area contributed by atoms with Gasteiger partial charge in [0, 0.05) is 24.3 Å². The molecule has 312 valence electrons. The number of aliphatic hydroxyl groups excluding tert-OH is 2. The topological polar surface area (TPSA) is 116 Å². The van der Waals surface area contributed by atoms with Gasteiger partial charge in [-0.1, -0.05) is 94.1 Å². The largest absolute Gasteiger partial charge is 0.481 e. The predicted molar refractivity (Wildman–Crippen MR) is 218 cm³/mol. The number of rotatable bonds is 11. The third-order valence-corrected chi connectivity index (χ3v) is 20.1. The van der Waals surface area contributed by atoms with Crippen LogP contribution in [0.2, 0.25) is 0 Å². The summed E-state index contributed by atoms with van der Waals surface area (Å²) in [7, 11) is 0. The van der Waals surface area contributed by atoms with Crippen LogP contribution in [0.5, 0.6) is 0 Å². The molecule has 0 saturated heterocycles. The lowest BCUT2D eigenvalue weighted by molar-refractivity contribution is -0.310. The van der Waals surface area contributed by atoms with E-state index < -0.39 is 35.1 Å². The summed E-state index contributed by atoms with van der Waals surface area (Å²) in [6.45, 7) is 25.0. The third kappa shape index (κ3) is 5.81. The van der Waals surface area contributed by atoms with Crippen molar-refractivity contribution in [2.45, 2.75) is 190 Å². The lowest BCUT2D eigenvalue weighted by Gasteiger charge is -2.76. The van der Waals surface area contributed by atoms with Crippen molar-refractivity contribution in [3.8, 4) is 0 Å². The van der Waals surface area contributed by atoms with Gasteiger partial charge in [0.05, 0.1) is 18.1 Å². The van der Waals surface area contributed by atoms with Crippen molar-refractivity contribution >= 4 is 11.8 Å². The minimum absolute atomic E-state index is 0.0268. The average Bonchev–Trinajstić information content (AvgIpc) is 3.43. The smallest absolute Gasteiger partial charge is 0.307 e. The maximum Gasteiger partial charge on any atom is 0.307 e. The molecule has 0 aromatic carbocycles. The second kappa shape index (κ2) is 14.2. The van der Waals surface area contributed by atoms with Gasteiger partial charge in [-0.3, -0.25) is 9.59 Å². The number of ether oxygens (including phenoxy) is 1. The summed E-state index contributed by atoms with van der Waals surface area (Å²) in [5.74, 6) is 0.575. The molecule has 0 heterocycles. The minimum Gasteiger partial charge on any atom is -0.481 e. The Hall–Kier alpha value is -1.28. The highest BCUT2D eigenvalue weighted by Gasteiger charge is 2.74. The Kier molecular flexibility index (Phi) is 10.8. The molecule has 0 radical (unpaired) electrons. The number of nitrogens with one attached hydrogen (secondary N) is 1. The zero-order valence-corrected chi connectivity index (χ0v) is 36.5. The normalized spacial score (nSPS) is 44.9. The SMILES string of the molecule is CC[C@@]12CCC3(C)[C@H](CC[C@@H]4C5=C(C(C)C)C(=O)C[C@]5([C@@H](O)CNCC5CCCCC5)CC[C@]43C)C1(C)CC[C@H](OC(O)[C@H]1C[C@@H](C(=O)O)C1(C)C)C2(C)C. The van der Waals surface area contributed by atoms with Crippen molar-refractivity contribution in [2.24, 2.45) is 73.4 Å². The molecule has 0 aliphatic heterocycles. The van der Waals surface area contributed by atoms with Gasteiger partial charge in [-0.25, -0.2) is 0 Å². The quantitative estimate of drug-likeness (QED) is 0.155. The summed E-state index contributed by atoms with van der Waals surface area (Å²) in [5, 5.41) is 37.3. The molecular formula is C48H79NO6. The lowest BCUT2D eigenvalue weighted by Crippen LogP contribution is -2.70. The molecule has 0 spiro atoms. The number of allylic oxidation sites excluding steroid dienone is 1. The molecule has 0 bridgehead atoms. The van der Waals surface area contributed by atoms with Gasteiger partial charge < -0.3 is 25.4 Å². The van der Waals surface area contributed by atoms with E-state index in [0.717, 1.165) is 69.9 Å². The van der Waals surface area contributed by atoms with Gasteiger partial charge in [-0.05, 0) is 145 Å². The van der Waals surface area contributed by atoms with E-state index in [4.69, 9.17) is 4.74 Å².